The maximum Gasteiger partial charge on any atom is 0.488 e. The fraction of sp³-hybridized carbons (Fsp3) is 0.524. The van der Waals surface area contributed by atoms with Gasteiger partial charge in [-0.1, -0.05) is 73.1 Å². The zero-order valence-corrected chi connectivity index (χ0v) is 19.2. The molecule has 1 unspecified atom stereocenters. The number of esters is 1. The van der Waals surface area contributed by atoms with Crippen LogP contribution in [0.15, 0.2) is 36.9 Å². The number of aliphatic hydroxyl groups excluding tert-OH is 1. The molecule has 1 amide bonds. The standard InChI is InChI=1S/C9H10BNO3.C4H8O3.C4H10.2C2H6/c1-2-9(12)11-8-5-3-4-7(6-8)10(13)14;1-3(5)4(6)7-2;1-3-4-2;2*1-2/h2-6,13-14H,1H2,(H,11,12);3,5H,1-2H3;3-4H2,1-2H3;2*1-2H3. The average molecular weight is 413 g/mol. The Kier molecular flexibility index (Phi) is 30.6. The Labute approximate surface area is 177 Å². The van der Waals surface area contributed by atoms with E-state index in [1.54, 1.807) is 18.2 Å². The summed E-state index contributed by atoms with van der Waals surface area (Å²) < 4.78 is 4.12. The predicted molar refractivity (Wildman–Crippen MR) is 122 cm³/mol. The number of aliphatic hydroxyl groups is 1. The second kappa shape index (κ2) is 25.8. The maximum absolute atomic E-state index is 10.9. The highest BCUT2D eigenvalue weighted by Gasteiger charge is 2.10. The third kappa shape index (κ3) is 23.8. The number of hydrogen-bond donors (Lipinski definition) is 4. The van der Waals surface area contributed by atoms with Crippen LogP contribution in [0.4, 0.5) is 5.69 Å². The molecule has 7 nitrogen and oxygen atoms in total. The summed E-state index contributed by atoms with van der Waals surface area (Å²) in [6, 6.07) is 6.29. The van der Waals surface area contributed by atoms with Gasteiger partial charge >= 0.3 is 13.1 Å². The van der Waals surface area contributed by atoms with E-state index in [1.807, 2.05) is 27.7 Å². The molecule has 1 rings (SSSR count). The van der Waals surface area contributed by atoms with Crippen molar-refractivity contribution in [2.24, 2.45) is 0 Å². The molecule has 1 aromatic carbocycles. The van der Waals surface area contributed by atoms with Crippen LogP contribution in [0.1, 0.15) is 61.3 Å². The fourth-order valence-corrected chi connectivity index (χ4v) is 1.14. The lowest BCUT2D eigenvalue weighted by atomic mass is 9.80. The number of unbranched alkanes of at least 4 members (excludes halogenated alkanes) is 1. The van der Waals surface area contributed by atoms with Crippen LogP contribution >= 0.6 is 0 Å². The van der Waals surface area contributed by atoms with E-state index >= 15 is 0 Å². The summed E-state index contributed by atoms with van der Waals surface area (Å²) >= 11 is 0. The minimum absolute atomic E-state index is 0.326. The molecule has 0 radical (unpaired) electrons. The fourth-order valence-electron chi connectivity index (χ4n) is 1.14. The van der Waals surface area contributed by atoms with Gasteiger partial charge in [0, 0.05) is 5.69 Å². The smallest absolute Gasteiger partial charge is 0.467 e. The van der Waals surface area contributed by atoms with Gasteiger partial charge in [0.1, 0.15) is 6.10 Å². The Balaban J connectivity index is -0.000000175. The number of amides is 1. The topological polar surface area (TPSA) is 116 Å². The summed E-state index contributed by atoms with van der Waals surface area (Å²) in [7, 11) is -0.301. The minimum Gasteiger partial charge on any atom is -0.467 e. The molecule has 0 saturated heterocycles. The molecule has 0 heterocycles. The van der Waals surface area contributed by atoms with Gasteiger partial charge in [-0.25, -0.2) is 4.79 Å². The van der Waals surface area contributed by atoms with Crippen molar-refractivity contribution in [3.63, 3.8) is 0 Å². The van der Waals surface area contributed by atoms with Crippen LogP contribution in [0.5, 0.6) is 0 Å². The molecule has 1 atom stereocenters. The van der Waals surface area contributed by atoms with Crippen molar-refractivity contribution in [1.29, 1.82) is 0 Å². The van der Waals surface area contributed by atoms with Crippen molar-refractivity contribution >= 4 is 30.1 Å². The van der Waals surface area contributed by atoms with Crippen molar-refractivity contribution in [3.8, 4) is 0 Å². The van der Waals surface area contributed by atoms with E-state index in [2.05, 4.69) is 30.5 Å². The van der Waals surface area contributed by atoms with Crippen LogP contribution in [-0.2, 0) is 14.3 Å². The average Bonchev–Trinajstić information content (AvgIpc) is 2.76. The molecule has 168 valence electrons. The molecule has 0 aliphatic heterocycles. The van der Waals surface area contributed by atoms with E-state index in [9.17, 15) is 9.59 Å². The summed E-state index contributed by atoms with van der Waals surface area (Å²) in [6.07, 6.45) is 2.78. The summed E-state index contributed by atoms with van der Waals surface area (Å²) in [5.41, 5.74) is 0.826. The van der Waals surface area contributed by atoms with Crippen molar-refractivity contribution in [1.82, 2.24) is 0 Å². The Morgan fingerprint density at radius 3 is 1.93 bits per heavy atom. The molecule has 0 bridgehead atoms. The molecular weight excluding hydrogens is 373 g/mol. The summed E-state index contributed by atoms with van der Waals surface area (Å²) in [5, 5.41) is 28.6. The SMILES string of the molecule is C=CC(=O)Nc1cccc(B(O)O)c1.CC.CC.CCCC.COC(=O)C(C)O. The van der Waals surface area contributed by atoms with Gasteiger partial charge < -0.3 is 25.2 Å². The number of anilines is 1. The number of rotatable bonds is 5. The molecule has 0 spiro atoms. The minimum atomic E-state index is -1.53. The Morgan fingerprint density at radius 1 is 1.17 bits per heavy atom. The molecule has 0 aliphatic carbocycles. The number of carbonyl (C=O) groups excluding carboxylic acids is 2. The van der Waals surface area contributed by atoms with E-state index < -0.39 is 19.2 Å². The zero-order valence-electron chi connectivity index (χ0n) is 19.2. The molecule has 0 fully saturated rings. The van der Waals surface area contributed by atoms with E-state index in [1.165, 1.54) is 32.9 Å². The lowest BCUT2D eigenvalue weighted by Gasteiger charge is -2.04. The first kappa shape index (κ1) is 34.4. The van der Waals surface area contributed by atoms with Gasteiger partial charge in [0.2, 0.25) is 5.91 Å². The van der Waals surface area contributed by atoms with E-state index in [4.69, 9.17) is 15.2 Å². The number of nitrogens with one attached hydrogen (secondary N) is 1. The van der Waals surface area contributed by atoms with E-state index in [0.717, 1.165) is 6.08 Å². The highest BCUT2D eigenvalue weighted by Crippen LogP contribution is 2.03. The summed E-state index contributed by atoms with van der Waals surface area (Å²) in [4.78, 5) is 20.9. The molecular formula is C21H40BNO6. The lowest BCUT2D eigenvalue weighted by Crippen LogP contribution is -2.29. The Bertz CT molecular complexity index is 520. The van der Waals surface area contributed by atoms with Gasteiger partial charge in [-0.05, 0) is 30.6 Å². The molecule has 8 heteroatoms. The second-order valence-corrected chi connectivity index (χ2v) is 4.89. The van der Waals surface area contributed by atoms with Crippen LogP contribution in [0.3, 0.4) is 0 Å². The highest BCUT2D eigenvalue weighted by atomic mass is 16.5. The van der Waals surface area contributed by atoms with Crippen LogP contribution in [0.2, 0.25) is 0 Å². The van der Waals surface area contributed by atoms with E-state index in [0.29, 0.717) is 11.2 Å². The normalized spacial score (nSPS) is 9.07. The third-order valence-electron chi connectivity index (χ3n) is 2.68. The van der Waals surface area contributed by atoms with Gasteiger partial charge in [0.15, 0.2) is 0 Å². The first-order chi connectivity index (χ1) is 13.7. The summed E-state index contributed by atoms with van der Waals surface area (Å²) in [6.45, 7) is 17.0. The molecule has 0 aromatic heterocycles. The zero-order chi connectivity index (χ0) is 23.8. The first-order valence-corrected chi connectivity index (χ1v) is 9.88. The van der Waals surface area contributed by atoms with Crippen LogP contribution in [-0.4, -0.2) is 47.4 Å². The van der Waals surface area contributed by atoms with Crippen molar-refractivity contribution in [3.05, 3.63) is 36.9 Å². The Morgan fingerprint density at radius 2 is 1.66 bits per heavy atom. The van der Waals surface area contributed by atoms with Crippen molar-refractivity contribution < 1.29 is 29.5 Å². The van der Waals surface area contributed by atoms with Crippen molar-refractivity contribution in [2.75, 3.05) is 12.4 Å². The van der Waals surface area contributed by atoms with Gasteiger partial charge in [0.05, 0.1) is 7.11 Å². The predicted octanol–water partition coefficient (Wildman–Crippen LogP) is 2.89. The quantitative estimate of drug-likeness (QED) is 0.335. The maximum atomic E-state index is 10.9. The van der Waals surface area contributed by atoms with Crippen molar-refractivity contribution in [2.45, 2.75) is 67.4 Å². The largest absolute Gasteiger partial charge is 0.488 e. The lowest BCUT2D eigenvalue weighted by molar-refractivity contribution is -0.149. The molecule has 0 aliphatic rings. The number of hydrogen-bond acceptors (Lipinski definition) is 6. The van der Waals surface area contributed by atoms with Crippen LogP contribution in [0.25, 0.3) is 0 Å². The number of methoxy groups -OCH3 is 1. The van der Waals surface area contributed by atoms with Crippen LogP contribution < -0.4 is 10.8 Å². The van der Waals surface area contributed by atoms with Gasteiger partial charge in [-0.2, -0.15) is 0 Å². The molecule has 4 N–H and O–H groups in total. The van der Waals surface area contributed by atoms with Crippen LogP contribution in [0, 0.1) is 0 Å². The van der Waals surface area contributed by atoms with Gasteiger partial charge in [0.25, 0.3) is 0 Å². The summed E-state index contributed by atoms with van der Waals surface area (Å²) in [5.74, 6) is -0.936. The molecule has 1 aromatic rings. The number of ether oxygens (including phenoxy) is 1. The van der Waals surface area contributed by atoms with Gasteiger partial charge in [-0.15, -0.1) is 0 Å². The number of benzene rings is 1. The number of carbonyl (C=O) groups is 2. The first-order valence-electron chi connectivity index (χ1n) is 9.88. The third-order valence-corrected chi connectivity index (χ3v) is 2.68. The molecule has 0 saturated carbocycles. The van der Waals surface area contributed by atoms with Gasteiger partial charge in [-0.3, -0.25) is 4.79 Å². The highest BCUT2D eigenvalue weighted by molar-refractivity contribution is 6.58. The monoisotopic (exact) mass is 413 g/mol. The van der Waals surface area contributed by atoms with E-state index in [-0.39, 0.29) is 5.91 Å². The Hall–Kier alpha value is -2.16. The molecule has 29 heavy (non-hydrogen) atoms. The second-order valence-electron chi connectivity index (χ2n) is 4.89.